The lowest BCUT2D eigenvalue weighted by Gasteiger charge is -2.08. The fourth-order valence-corrected chi connectivity index (χ4v) is 2.06. The lowest BCUT2D eigenvalue weighted by molar-refractivity contribution is -0.385. The lowest BCUT2D eigenvalue weighted by Crippen LogP contribution is -2.07. The third-order valence-corrected chi connectivity index (χ3v) is 3.43. The molecular formula is C10H12N2O5S. The molecule has 8 heteroatoms. The zero-order chi connectivity index (χ0) is 13.7. The minimum absolute atomic E-state index is 0.00589. The zero-order valence-corrected chi connectivity index (χ0v) is 10.4. The van der Waals surface area contributed by atoms with Crippen molar-refractivity contribution in [2.75, 3.05) is 12.4 Å². The molecule has 0 saturated heterocycles. The Hall–Kier alpha value is -1.67. The van der Waals surface area contributed by atoms with Gasteiger partial charge >= 0.3 is 5.97 Å². The summed E-state index contributed by atoms with van der Waals surface area (Å²) in [6.45, 7) is 1.79. The molecule has 0 bridgehead atoms. The van der Waals surface area contributed by atoms with Crippen molar-refractivity contribution >= 4 is 23.4 Å². The number of aliphatic hydroxyl groups is 1. The number of aromatic carboxylic acids is 1. The van der Waals surface area contributed by atoms with E-state index >= 15 is 0 Å². The van der Waals surface area contributed by atoms with Crippen LogP contribution in [0.2, 0.25) is 0 Å². The van der Waals surface area contributed by atoms with Crippen LogP contribution in [0.3, 0.4) is 0 Å². The van der Waals surface area contributed by atoms with E-state index in [1.165, 1.54) is 0 Å². The predicted molar refractivity (Wildman–Crippen MR) is 64.8 cm³/mol. The Balaban J connectivity index is 2.97. The van der Waals surface area contributed by atoms with E-state index in [2.05, 4.69) is 4.98 Å². The predicted octanol–water partition coefficient (Wildman–Crippen LogP) is 1.41. The van der Waals surface area contributed by atoms with Crippen LogP contribution in [0.15, 0.2) is 17.3 Å². The van der Waals surface area contributed by atoms with E-state index in [1.54, 1.807) is 6.92 Å². The monoisotopic (exact) mass is 272 g/mol. The van der Waals surface area contributed by atoms with E-state index < -0.39 is 10.9 Å². The number of pyridine rings is 1. The highest BCUT2D eigenvalue weighted by molar-refractivity contribution is 7.99. The number of carboxylic acids is 1. The van der Waals surface area contributed by atoms with E-state index in [0.717, 1.165) is 24.0 Å². The van der Waals surface area contributed by atoms with Gasteiger partial charge in [-0.15, -0.1) is 11.8 Å². The second-order valence-electron chi connectivity index (χ2n) is 3.71. The van der Waals surface area contributed by atoms with Gasteiger partial charge < -0.3 is 10.2 Å². The summed E-state index contributed by atoms with van der Waals surface area (Å²) in [7, 11) is 0. The smallest absolute Gasteiger partial charge is 0.338 e. The molecule has 1 atom stereocenters. The Morgan fingerprint density at radius 1 is 1.67 bits per heavy atom. The average Bonchev–Trinajstić information content (AvgIpc) is 2.35. The maximum Gasteiger partial charge on any atom is 0.338 e. The number of aliphatic hydroxyl groups excluding tert-OH is 1. The van der Waals surface area contributed by atoms with Crippen LogP contribution in [0.5, 0.6) is 0 Å². The van der Waals surface area contributed by atoms with E-state index in [4.69, 9.17) is 10.2 Å². The first kappa shape index (κ1) is 14.4. The molecule has 1 aromatic rings. The fraction of sp³-hybridized carbons (Fsp3) is 0.400. The molecule has 0 aliphatic heterocycles. The summed E-state index contributed by atoms with van der Waals surface area (Å²) in [5, 5.41) is 28.6. The molecule has 1 aromatic heterocycles. The molecule has 0 amide bonds. The fourth-order valence-electron chi connectivity index (χ4n) is 1.08. The Bertz CT molecular complexity index is 466. The molecule has 0 aromatic carbocycles. The van der Waals surface area contributed by atoms with Gasteiger partial charge in [0.2, 0.25) is 0 Å². The van der Waals surface area contributed by atoms with E-state index in [0.29, 0.717) is 5.75 Å². The number of nitro groups is 1. The first-order chi connectivity index (χ1) is 8.45. The van der Waals surface area contributed by atoms with Gasteiger partial charge in [-0.25, -0.2) is 9.78 Å². The molecule has 1 heterocycles. The van der Waals surface area contributed by atoms with Crippen LogP contribution in [0.4, 0.5) is 5.69 Å². The zero-order valence-electron chi connectivity index (χ0n) is 9.57. The second kappa shape index (κ2) is 6.31. The molecule has 2 N–H and O–H groups in total. The summed E-state index contributed by atoms with van der Waals surface area (Å²) in [4.78, 5) is 24.6. The van der Waals surface area contributed by atoms with Crippen molar-refractivity contribution in [3.05, 3.63) is 27.9 Å². The van der Waals surface area contributed by atoms with E-state index in [1.807, 2.05) is 0 Å². The quantitative estimate of drug-likeness (QED) is 0.457. The molecule has 0 spiro atoms. The van der Waals surface area contributed by atoms with Gasteiger partial charge in [0.1, 0.15) is 11.2 Å². The van der Waals surface area contributed by atoms with Crippen molar-refractivity contribution in [2.45, 2.75) is 11.9 Å². The maximum absolute atomic E-state index is 11.0. The van der Waals surface area contributed by atoms with Gasteiger partial charge in [0.15, 0.2) is 0 Å². The average molecular weight is 272 g/mol. The second-order valence-corrected chi connectivity index (χ2v) is 4.72. The largest absolute Gasteiger partial charge is 0.478 e. The minimum atomic E-state index is -1.26. The van der Waals surface area contributed by atoms with Crippen molar-refractivity contribution in [3.63, 3.8) is 0 Å². The van der Waals surface area contributed by atoms with Gasteiger partial charge in [0, 0.05) is 18.4 Å². The van der Waals surface area contributed by atoms with Crippen molar-refractivity contribution in [1.29, 1.82) is 0 Å². The Kier molecular flexibility index (Phi) is 5.05. The molecule has 98 valence electrons. The van der Waals surface area contributed by atoms with Gasteiger partial charge in [-0.3, -0.25) is 10.1 Å². The molecule has 1 rings (SSSR count). The Morgan fingerprint density at radius 3 is 2.83 bits per heavy atom. The van der Waals surface area contributed by atoms with Gasteiger partial charge in [-0.1, -0.05) is 6.92 Å². The van der Waals surface area contributed by atoms with Gasteiger partial charge in [-0.05, 0) is 5.92 Å². The molecule has 0 radical (unpaired) electrons. The van der Waals surface area contributed by atoms with Crippen LogP contribution >= 0.6 is 11.8 Å². The van der Waals surface area contributed by atoms with Crippen LogP contribution < -0.4 is 0 Å². The molecular weight excluding hydrogens is 260 g/mol. The van der Waals surface area contributed by atoms with E-state index in [-0.39, 0.29) is 28.8 Å². The number of rotatable bonds is 6. The van der Waals surface area contributed by atoms with Crippen molar-refractivity contribution in [1.82, 2.24) is 4.98 Å². The highest BCUT2D eigenvalue weighted by atomic mass is 32.2. The topological polar surface area (TPSA) is 114 Å². The molecule has 18 heavy (non-hydrogen) atoms. The van der Waals surface area contributed by atoms with Crippen LogP contribution in [-0.2, 0) is 0 Å². The summed E-state index contributed by atoms with van der Waals surface area (Å²) in [6, 6.07) is 0.987. The lowest BCUT2D eigenvalue weighted by atomic mass is 10.2. The standard InChI is InChI=1S/C10H12N2O5S/c1-6(4-13)5-18-9-8(10(14)15)2-7(3-11-9)12(16)17/h2-3,6,13H,4-5H2,1H3,(H,14,15). The molecule has 1 unspecified atom stereocenters. The van der Waals surface area contributed by atoms with Gasteiger partial charge in [0.25, 0.3) is 5.69 Å². The van der Waals surface area contributed by atoms with Gasteiger partial charge in [0.05, 0.1) is 10.5 Å². The van der Waals surface area contributed by atoms with Crippen molar-refractivity contribution in [2.24, 2.45) is 5.92 Å². The number of nitrogens with zero attached hydrogens (tertiary/aromatic N) is 2. The van der Waals surface area contributed by atoms with Crippen LogP contribution in [0, 0.1) is 16.0 Å². The van der Waals surface area contributed by atoms with Gasteiger partial charge in [-0.2, -0.15) is 0 Å². The van der Waals surface area contributed by atoms with Crippen LogP contribution in [0.25, 0.3) is 0 Å². The van der Waals surface area contributed by atoms with E-state index in [9.17, 15) is 14.9 Å². The molecule has 0 saturated carbocycles. The maximum atomic E-state index is 11.0. The van der Waals surface area contributed by atoms with Crippen molar-refractivity contribution < 1.29 is 19.9 Å². The van der Waals surface area contributed by atoms with Crippen LogP contribution in [0.1, 0.15) is 17.3 Å². The number of thioether (sulfide) groups is 1. The number of carbonyl (C=O) groups is 1. The number of hydrogen-bond acceptors (Lipinski definition) is 6. The highest BCUT2D eigenvalue weighted by Gasteiger charge is 2.18. The Labute approximate surface area is 107 Å². The summed E-state index contributed by atoms with van der Waals surface area (Å²) in [6.07, 6.45) is 1.03. The normalized spacial score (nSPS) is 12.1. The highest BCUT2D eigenvalue weighted by Crippen LogP contribution is 2.25. The molecule has 0 aliphatic carbocycles. The third kappa shape index (κ3) is 3.67. The number of hydrogen-bond donors (Lipinski definition) is 2. The minimum Gasteiger partial charge on any atom is -0.478 e. The van der Waals surface area contributed by atoms with Crippen molar-refractivity contribution in [3.8, 4) is 0 Å². The Morgan fingerprint density at radius 2 is 2.33 bits per heavy atom. The van der Waals surface area contributed by atoms with Crippen LogP contribution in [-0.4, -0.2) is 38.4 Å². The summed E-state index contributed by atoms with van der Waals surface area (Å²) >= 11 is 1.15. The summed E-state index contributed by atoms with van der Waals surface area (Å²) in [5.74, 6) is -0.777. The first-order valence-electron chi connectivity index (χ1n) is 5.07. The molecule has 0 fully saturated rings. The molecule has 0 aliphatic rings. The summed E-state index contributed by atoms with van der Waals surface area (Å²) < 4.78 is 0. The SMILES string of the molecule is CC(CO)CSc1ncc([N+](=O)[O-])cc1C(=O)O. The first-order valence-corrected chi connectivity index (χ1v) is 6.05. The number of carboxylic acid groups (broad SMARTS) is 1. The molecule has 7 nitrogen and oxygen atoms in total. The third-order valence-electron chi connectivity index (χ3n) is 2.09. The number of aromatic nitrogens is 1. The summed E-state index contributed by atoms with van der Waals surface area (Å²) in [5.41, 5.74) is -0.550.